The average Bonchev–Trinajstić information content (AvgIpc) is 3.03. The predicted molar refractivity (Wildman–Crippen MR) is 115 cm³/mol. The van der Waals surface area contributed by atoms with E-state index in [1.165, 1.54) is 35.6 Å². The van der Waals surface area contributed by atoms with E-state index in [1.54, 1.807) is 0 Å². The lowest BCUT2D eigenvalue weighted by molar-refractivity contribution is -0.384. The number of benzene rings is 1. The Hall–Kier alpha value is -2.94. The van der Waals surface area contributed by atoms with Crippen LogP contribution < -0.4 is 15.8 Å². The molecule has 160 valence electrons. The minimum atomic E-state index is -0.548. The molecule has 0 bridgehead atoms. The molecule has 0 radical (unpaired) electrons. The second-order valence-electron chi connectivity index (χ2n) is 8.47. The Bertz CT molecular complexity index is 976. The van der Waals surface area contributed by atoms with Crippen LogP contribution >= 0.6 is 11.3 Å². The monoisotopic (exact) mass is 431 g/mol. The summed E-state index contributed by atoms with van der Waals surface area (Å²) in [5.41, 5.74) is 7.06. The molecule has 1 atom stereocenters. The van der Waals surface area contributed by atoms with Gasteiger partial charge in [-0.2, -0.15) is 0 Å². The van der Waals surface area contributed by atoms with E-state index in [9.17, 15) is 19.7 Å². The number of fused-ring (bicyclic) bond motifs is 1. The van der Waals surface area contributed by atoms with Gasteiger partial charge in [0.05, 0.1) is 10.5 Å². The zero-order chi connectivity index (χ0) is 22.1. The van der Waals surface area contributed by atoms with Crippen LogP contribution in [0.2, 0.25) is 0 Å². The van der Waals surface area contributed by atoms with Crippen molar-refractivity contribution in [3.63, 3.8) is 0 Å². The molecule has 30 heavy (non-hydrogen) atoms. The topological polar surface area (TPSA) is 125 Å². The summed E-state index contributed by atoms with van der Waals surface area (Å²) in [6, 6.07) is 5.46. The summed E-state index contributed by atoms with van der Waals surface area (Å²) in [7, 11) is 0. The molecule has 1 aliphatic rings. The molecular formula is C21H25N3O5S. The number of nitro groups is 1. The SMILES string of the molecule is CC(C)(C)C1CCc2c(sc(NC(=O)COc3ccc([N+](=O)[O-])cc3)c2C(N)=O)C1. The van der Waals surface area contributed by atoms with Crippen LogP contribution in [0.1, 0.15) is 48.0 Å². The van der Waals surface area contributed by atoms with Gasteiger partial charge in [0.25, 0.3) is 17.5 Å². The number of ether oxygens (including phenoxy) is 1. The average molecular weight is 432 g/mol. The van der Waals surface area contributed by atoms with Gasteiger partial charge in [0.2, 0.25) is 0 Å². The van der Waals surface area contributed by atoms with Gasteiger partial charge in [0.15, 0.2) is 6.61 Å². The van der Waals surface area contributed by atoms with Crippen LogP contribution in [0.3, 0.4) is 0 Å². The number of rotatable bonds is 6. The van der Waals surface area contributed by atoms with Crippen LogP contribution in [-0.2, 0) is 17.6 Å². The fraction of sp³-hybridized carbons (Fsp3) is 0.429. The van der Waals surface area contributed by atoms with Gasteiger partial charge < -0.3 is 15.8 Å². The Kier molecular flexibility index (Phi) is 6.12. The molecule has 1 heterocycles. The van der Waals surface area contributed by atoms with Gasteiger partial charge in [0.1, 0.15) is 10.8 Å². The Morgan fingerprint density at radius 1 is 1.30 bits per heavy atom. The maximum atomic E-state index is 12.4. The highest BCUT2D eigenvalue weighted by atomic mass is 32.1. The number of nitrogens with one attached hydrogen (secondary N) is 1. The smallest absolute Gasteiger partial charge is 0.269 e. The largest absolute Gasteiger partial charge is 0.484 e. The molecule has 0 saturated heterocycles. The number of hydrogen-bond donors (Lipinski definition) is 2. The van der Waals surface area contributed by atoms with Crippen molar-refractivity contribution >= 4 is 33.8 Å². The minimum absolute atomic E-state index is 0.0596. The summed E-state index contributed by atoms with van der Waals surface area (Å²) in [5.74, 6) is -0.141. The predicted octanol–water partition coefficient (Wildman–Crippen LogP) is 3.92. The summed E-state index contributed by atoms with van der Waals surface area (Å²) in [4.78, 5) is 35.7. The molecule has 1 aromatic carbocycles. The molecule has 3 N–H and O–H groups in total. The first-order valence-electron chi connectivity index (χ1n) is 9.67. The van der Waals surface area contributed by atoms with E-state index < -0.39 is 16.7 Å². The van der Waals surface area contributed by atoms with Crippen molar-refractivity contribution < 1.29 is 19.2 Å². The second-order valence-corrected chi connectivity index (χ2v) is 9.57. The van der Waals surface area contributed by atoms with Crippen LogP contribution in [0, 0.1) is 21.4 Å². The number of carbonyl (C=O) groups is 2. The molecule has 9 heteroatoms. The van der Waals surface area contributed by atoms with Crippen LogP contribution in [0.15, 0.2) is 24.3 Å². The zero-order valence-electron chi connectivity index (χ0n) is 17.2. The number of amides is 2. The molecule has 0 fully saturated rings. The first-order chi connectivity index (χ1) is 14.1. The molecule has 3 rings (SSSR count). The molecule has 2 amide bonds. The first-order valence-corrected chi connectivity index (χ1v) is 10.5. The van der Waals surface area contributed by atoms with E-state index >= 15 is 0 Å². The van der Waals surface area contributed by atoms with Gasteiger partial charge in [-0.1, -0.05) is 20.8 Å². The Morgan fingerprint density at radius 3 is 2.53 bits per heavy atom. The van der Waals surface area contributed by atoms with Crippen molar-refractivity contribution in [2.75, 3.05) is 11.9 Å². The molecule has 1 unspecified atom stereocenters. The third-order valence-corrected chi connectivity index (χ3v) is 6.58. The zero-order valence-corrected chi connectivity index (χ0v) is 18.0. The maximum Gasteiger partial charge on any atom is 0.269 e. The van der Waals surface area contributed by atoms with Crippen LogP contribution in [-0.4, -0.2) is 23.3 Å². The summed E-state index contributed by atoms with van der Waals surface area (Å²) in [5, 5.41) is 13.9. The Morgan fingerprint density at radius 2 is 1.97 bits per heavy atom. The van der Waals surface area contributed by atoms with Crippen molar-refractivity contribution in [3.05, 3.63) is 50.4 Å². The fourth-order valence-corrected chi connectivity index (χ4v) is 5.00. The molecule has 1 aliphatic carbocycles. The van der Waals surface area contributed by atoms with Crippen molar-refractivity contribution in [1.82, 2.24) is 0 Å². The molecular weight excluding hydrogens is 406 g/mol. The van der Waals surface area contributed by atoms with Crippen molar-refractivity contribution in [2.45, 2.75) is 40.0 Å². The fourth-order valence-electron chi connectivity index (χ4n) is 3.65. The lowest BCUT2D eigenvalue weighted by Gasteiger charge is -2.33. The molecule has 1 aromatic heterocycles. The van der Waals surface area contributed by atoms with Gasteiger partial charge in [-0.15, -0.1) is 11.3 Å². The Labute approximate surface area is 178 Å². The van der Waals surface area contributed by atoms with E-state index in [4.69, 9.17) is 10.5 Å². The van der Waals surface area contributed by atoms with Crippen LogP contribution in [0.25, 0.3) is 0 Å². The molecule has 8 nitrogen and oxygen atoms in total. The summed E-state index contributed by atoms with van der Waals surface area (Å²) >= 11 is 1.40. The number of anilines is 1. The van der Waals surface area contributed by atoms with Crippen molar-refractivity contribution in [3.8, 4) is 5.75 Å². The van der Waals surface area contributed by atoms with Gasteiger partial charge in [-0.25, -0.2) is 0 Å². The van der Waals surface area contributed by atoms with Crippen LogP contribution in [0.4, 0.5) is 10.7 Å². The van der Waals surface area contributed by atoms with Gasteiger partial charge >= 0.3 is 0 Å². The lowest BCUT2D eigenvalue weighted by Crippen LogP contribution is -2.27. The van der Waals surface area contributed by atoms with Gasteiger partial charge in [0, 0.05) is 17.0 Å². The highest BCUT2D eigenvalue weighted by molar-refractivity contribution is 7.17. The number of primary amides is 1. The second kappa shape index (κ2) is 8.43. The number of thiophene rings is 1. The highest BCUT2D eigenvalue weighted by Crippen LogP contribution is 2.44. The molecule has 2 aromatic rings. The number of non-ortho nitro benzene ring substituents is 1. The maximum absolute atomic E-state index is 12.4. The minimum Gasteiger partial charge on any atom is -0.484 e. The van der Waals surface area contributed by atoms with E-state index in [0.717, 1.165) is 29.7 Å². The number of nitro benzene ring substituents is 1. The first kappa shape index (κ1) is 21.8. The number of hydrogen-bond acceptors (Lipinski definition) is 6. The Balaban J connectivity index is 1.70. The van der Waals surface area contributed by atoms with E-state index in [2.05, 4.69) is 26.1 Å². The quantitative estimate of drug-likeness (QED) is 0.530. The molecule has 0 aliphatic heterocycles. The van der Waals surface area contributed by atoms with Crippen molar-refractivity contribution in [2.24, 2.45) is 17.1 Å². The standard InChI is InChI=1S/C21H25N3O5S/c1-21(2,3)12-4-9-15-16(10-12)30-20(18(15)19(22)26)23-17(25)11-29-14-7-5-13(6-8-14)24(27)28/h5-8,12H,4,9-11H2,1-3H3,(H2,22,26)(H,23,25). The number of nitrogens with zero attached hydrogens (tertiary/aromatic N) is 1. The number of nitrogens with two attached hydrogens (primary N) is 1. The van der Waals surface area contributed by atoms with Crippen LogP contribution in [0.5, 0.6) is 5.75 Å². The molecule has 0 saturated carbocycles. The van der Waals surface area contributed by atoms with E-state index in [-0.39, 0.29) is 17.7 Å². The van der Waals surface area contributed by atoms with Gasteiger partial charge in [-0.05, 0) is 48.3 Å². The third-order valence-electron chi connectivity index (χ3n) is 5.41. The van der Waals surface area contributed by atoms with Gasteiger partial charge in [-0.3, -0.25) is 19.7 Å². The highest BCUT2D eigenvalue weighted by Gasteiger charge is 2.33. The molecule has 0 spiro atoms. The van der Waals surface area contributed by atoms with Crippen molar-refractivity contribution in [1.29, 1.82) is 0 Å². The lowest BCUT2D eigenvalue weighted by atomic mass is 9.72. The summed E-state index contributed by atoms with van der Waals surface area (Å²) in [6.07, 6.45) is 2.60. The summed E-state index contributed by atoms with van der Waals surface area (Å²) in [6.45, 7) is 6.35. The van der Waals surface area contributed by atoms with E-state index in [0.29, 0.717) is 22.2 Å². The van der Waals surface area contributed by atoms with E-state index in [1.807, 2.05) is 0 Å². The summed E-state index contributed by atoms with van der Waals surface area (Å²) < 4.78 is 5.39. The number of carbonyl (C=O) groups excluding carboxylic acids is 2. The normalized spacial score (nSPS) is 15.9. The third kappa shape index (κ3) is 4.79.